The van der Waals surface area contributed by atoms with E-state index in [1.54, 1.807) is 19.2 Å². The van der Waals surface area contributed by atoms with Gasteiger partial charge in [-0.15, -0.1) is 0 Å². The maximum absolute atomic E-state index is 12.9. The van der Waals surface area contributed by atoms with Crippen molar-refractivity contribution in [2.75, 3.05) is 18.3 Å². The minimum atomic E-state index is -1.10. The van der Waals surface area contributed by atoms with Crippen LogP contribution in [-0.2, 0) is 10.5 Å². The van der Waals surface area contributed by atoms with Crippen molar-refractivity contribution in [1.29, 1.82) is 0 Å². The third kappa shape index (κ3) is 5.79. The first-order valence-corrected chi connectivity index (χ1v) is 8.66. The van der Waals surface area contributed by atoms with Crippen LogP contribution in [0.5, 0.6) is 5.75 Å². The van der Waals surface area contributed by atoms with Crippen molar-refractivity contribution in [2.45, 2.75) is 12.7 Å². The average Bonchev–Trinajstić information content (AvgIpc) is 2.60. The number of benzene rings is 2. The zero-order valence-electron chi connectivity index (χ0n) is 13.9. The third-order valence-corrected chi connectivity index (χ3v) is 4.33. The van der Waals surface area contributed by atoms with Crippen LogP contribution in [0, 0.1) is 5.82 Å². The van der Waals surface area contributed by atoms with Crippen molar-refractivity contribution in [2.24, 2.45) is 5.10 Å². The summed E-state index contributed by atoms with van der Waals surface area (Å²) >= 11 is 1.24. The zero-order valence-corrected chi connectivity index (χ0v) is 14.7. The SMILES string of the molecule is COc1ccc(/C(C)=N\Nc2ccc(F)cc2)cc1CSCC(=O)[O-]. The Balaban J connectivity index is 2.12. The van der Waals surface area contributed by atoms with Crippen LogP contribution in [-0.4, -0.2) is 24.5 Å². The number of carboxylic acid groups (broad SMARTS) is 1. The molecular weight excluding hydrogens is 343 g/mol. The number of carbonyl (C=O) groups is 1. The highest BCUT2D eigenvalue weighted by molar-refractivity contribution is 7.99. The van der Waals surface area contributed by atoms with Crippen LogP contribution in [0.25, 0.3) is 0 Å². The van der Waals surface area contributed by atoms with Gasteiger partial charge in [0.15, 0.2) is 0 Å². The first-order valence-electron chi connectivity index (χ1n) is 7.50. The second kappa shape index (κ2) is 9.08. The van der Waals surface area contributed by atoms with Gasteiger partial charge in [-0.2, -0.15) is 16.9 Å². The highest BCUT2D eigenvalue weighted by Gasteiger charge is 2.07. The number of anilines is 1. The monoisotopic (exact) mass is 361 g/mol. The summed E-state index contributed by atoms with van der Waals surface area (Å²) < 4.78 is 18.2. The van der Waals surface area contributed by atoms with E-state index in [0.29, 0.717) is 17.2 Å². The molecule has 0 saturated carbocycles. The fourth-order valence-corrected chi connectivity index (χ4v) is 2.81. The lowest BCUT2D eigenvalue weighted by Gasteiger charge is -2.11. The van der Waals surface area contributed by atoms with Gasteiger partial charge in [0.2, 0.25) is 0 Å². The molecule has 0 saturated heterocycles. The van der Waals surface area contributed by atoms with E-state index in [-0.39, 0.29) is 11.6 Å². The van der Waals surface area contributed by atoms with Crippen molar-refractivity contribution < 1.29 is 19.0 Å². The number of hydrazone groups is 1. The van der Waals surface area contributed by atoms with Gasteiger partial charge in [-0.05, 0) is 55.0 Å². The highest BCUT2D eigenvalue weighted by atomic mass is 32.2. The summed E-state index contributed by atoms with van der Waals surface area (Å²) in [7, 11) is 1.57. The fourth-order valence-electron chi connectivity index (χ4n) is 2.10. The summed E-state index contributed by atoms with van der Waals surface area (Å²) in [6, 6.07) is 11.5. The van der Waals surface area contributed by atoms with Crippen molar-refractivity contribution in [3.8, 4) is 5.75 Å². The van der Waals surface area contributed by atoms with Crippen molar-refractivity contribution in [3.05, 3.63) is 59.4 Å². The van der Waals surface area contributed by atoms with Gasteiger partial charge in [0.05, 0.1) is 24.5 Å². The molecule has 1 N–H and O–H groups in total. The number of carboxylic acids is 1. The molecule has 0 aromatic heterocycles. The minimum Gasteiger partial charge on any atom is -0.549 e. The molecule has 0 amide bonds. The number of thioether (sulfide) groups is 1. The van der Waals surface area contributed by atoms with Gasteiger partial charge in [-0.25, -0.2) is 4.39 Å². The first-order chi connectivity index (χ1) is 12.0. The summed E-state index contributed by atoms with van der Waals surface area (Å²) in [6.07, 6.45) is 0. The lowest BCUT2D eigenvalue weighted by atomic mass is 10.1. The summed E-state index contributed by atoms with van der Waals surface area (Å²) in [4.78, 5) is 10.5. The van der Waals surface area contributed by atoms with Crippen LogP contribution in [0.2, 0.25) is 0 Å². The summed E-state index contributed by atoms with van der Waals surface area (Å²) in [5.41, 5.74) is 6.04. The smallest absolute Gasteiger partial charge is 0.123 e. The molecule has 0 aliphatic carbocycles. The molecule has 5 nitrogen and oxygen atoms in total. The van der Waals surface area contributed by atoms with Crippen LogP contribution in [0.4, 0.5) is 10.1 Å². The Bertz CT molecular complexity index is 763. The summed E-state index contributed by atoms with van der Waals surface area (Å²) in [5.74, 6) is -0.300. The Morgan fingerprint density at radius 3 is 2.64 bits per heavy atom. The number of aliphatic carboxylic acids is 1. The quantitative estimate of drug-likeness (QED) is 0.578. The molecule has 7 heteroatoms. The molecule has 0 atom stereocenters. The second-order valence-electron chi connectivity index (χ2n) is 5.21. The Morgan fingerprint density at radius 1 is 1.28 bits per heavy atom. The van der Waals surface area contributed by atoms with Crippen LogP contribution in [0.1, 0.15) is 18.1 Å². The van der Waals surface area contributed by atoms with E-state index in [9.17, 15) is 14.3 Å². The van der Waals surface area contributed by atoms with Gasteiger partial charge in [-0.3, -0.25) is 5.43 Å². The Labute approximate surface area is 149 Å². The van der Waals surface area contributed by atoms with Crippen LogP contribution in [0.3, 0.4) is 0 Å². The van der Waals surface area contributed by atoms with Crippen molar-refractivity contribution in [3.63, 3.8) is 0 Å². The Hall–Kier alpha value is -2.54. The van der Waals surface area contributed by atoms with Crippen molar-refractivity contribution in [1.82, 2.24) is 0 Å². The molecule has 132 valence electrons. The molecular formula is C18H18FN2O3S-. The number of hydrogen-bond acceptors (Lipinski definition) is 6. The standard InChI is InChI=1S/C18H19FN2O3S/c1-12(20-21-16-6-4-15(19)5-7-16)13-3-8-17(24-2)14(9-13)10-25-11-18(22)23/h3-9,21H,10-11H2,1-2H3,(H,22,23)/p-1/b20-12-. The summed E-state index contributed by atoms with van der Waals surface area (Å²) in [5, 5.41) is 14.8. The molecule has 0 aliphatic heterocycles. The lowest BCUT2D eigenvalue weighted by molar-refractivity contribution is -0.301. The predicted octanol–water partition coefficient (Wildman–Crippen LogP) is 2.65. The second-order valence-corrected chi connectivity index (χ2v) is 6.19. The molecule has 25 heavy (non-hydrogen) atoms. The molecule has 0 aliphatic rings. The third-order valence-electron chi connectivity index (χ3n) is 3.37. The van der Waals surface area contributed by atoms with Crippen molar-refractivity contribution >= 4 is 29.1 Å². The number of nitrogens with one attached hydrogen (secondary N) is 1. The molecule has 2 aromatic rings. The minimum absolute atomic E-state index is 0.0768. The first kappa shape index (κ1) is 18.8. The molecule has 0 radical (unpaired) electrons. The van der Waals surface area contributed by atoms with Gasteiger partial charge in [-0.1, -0.05) is 0 Å². The number of ether oxygens (including phenoxy) is 1. The fraction of sp³-hybridized carbons (Fsp3) is 0.222. The molecule has 0 bridgehead atoms. The van der Waals surface area contributed by atoms with Crippen LogP contribution in [0.15, 0.2) is 47.6 Å². The Kier molecular flexibility index (Phi) is 6.82. The van der Waals surface area contributed by atoms with E-state index in [2.05, 4.69) is 10.5 Å². The molecule has 0 spiro atoms. The van der Waals surface area contributed by atoms with Gasteiger partial charge in [0, 0.05) is 17.1 Å². The van der Waals surface area contributed by atoms with Gasteiger partial charge >= 0.3 is 0 Å². The number of rotatable bonds is 8. The molecule has 0 unspecified atom stereocenters. The molecule has 2 aromatic carbocycles. The number of hydrogen-bond donors (Lipinski definition) is 1. The van der Waals surface area contributed by atoms with E-state index in [1.165, 1.54) is 23.9 Å². The van der Waals surface area contributed by atoms with Gasteiger partial charge in [0.1, 0.15) is 11.6 Å². The van der Waals surface area contributed by atoms with E-state index >= 15 is 0 Å². The number of halogens is 1. The van der Waals surface area contributed by atoms with E-state index in [1.807, 2.05) is 25.1 Å². The molecule has 2 rings (SSSR count). The zero-order chi connectivity index (χ0) is 18.2. The van der Waals surface area contributed by atoms with Crippen LogP contribution < -0.4 is 15.3 Å². The number of carbonyl (C=O) groups excluding carboxylic acids is 1. The predicted molar refractivity (Wildman–Crippen MR) is 96.4 cm³/mol. The number of nitrogens with zero attached hydrogens (tertiary/aromatic N) is 1. The Morgan fingerprint density at radius 2 is 2.00 bits per heavy atom. The topological polar surface area (TPSA) is 73.8 Å². The molecule has 0 fully saturated rings. The largest absolute Gasteiger partial charge is 0.549 e. The number of methoxy groups -OCH3 is 1. The van der Waals surface area contributed by atoms with E-state index in [4.69, 9.17) is 4.74 Å². The van der Waals surface area contributed by atoms with E-state index < -0.39 is 5.97 Å². The maximum Gasteiger partial charge on any atom is 0.123 e. The maximum atomic E-state index is 12.9. The van der Waals surface area contributed by atoms with E-state index in [0.717, 1.165) is 16.8 Å². The highest BCUT2D eigenvalue weighted by Crippen LogP contribution is 2.25. The average molecular weight is 361 g/mol. The van der Waals surface area contributed by atoms with Crippen LogP contribution >= 0.6 is 11.8 Å². The molecule has 0 heterocycles. The summed E-state index contributed by atoms with van der Waals surface area (Å²) in [6.45, 7) is 1.84. The normalized spacial score (nSPS) is 11.2. The van der Waals surface area contributed by atoms with Gasteiger partial charge < -0.3 is 14.6 Å². The lowest BCUT2D eigenvalue weighted by Crippen LogP contribution is -2.24. The van der Waals surface area contributed by atoms with Gasteiger partial charge in [0.25, 0.3) is 0 Å².